The Labute approximate surface area is 126 Å². The first kappa shape index (κ1) is 17.2. The molecule has 4 nitrogen and oxygen atoms in total. The van der Waals surface area contributed by atoms with Crippen LogP contribution in [0, 0.1) is 5.41 Å². The van der Waals surface area contributed by atoms with E-state index in [4.69, 9.17) is 5.11 Å². The molecule has 0 spiro atoms. The Morgan fingerprint density at radius 2 is 1.57 bits per heavy atom. The lowest BCUT2D eigenvalue weighted by molar-refractivity contribution is -0.122. The largest absolute Gasteiger partial charge is 0.478 e. The molecule has 0 radical (unpaired) electrons. The number of carboxylic acids is 1. The summed E-state index contributed by atoms with van der Waals surface area (Å²) < 4.78 is 0. The second-order valence-corrected chi connectivity index (χ2v) is 7.35. The highest BCUT2D eigenvalue weighted by molar-refractivity contribution is 5.87. The summed E-state index contributed by atoms with van der Waals surface area (Å²) in [4.78, 5) is 22.9. The Bertz CT molecular complexity index is 510. The van der Waals surface area contributed by atoms with Crippen molar-refractivity contribution >= 4 is 11.9 Å². The van der Waals surface area contributed by atoms with Gasteiger partial charge in [-0.15, -0.1) is 0 Å². The summed E-state index contributed by atoms with van der Waals surface area (Å²) in [5.74, 6) is -1.01. The number of aromatic carboxylic acids is 1. The van der Waals surface area contributed by atoms with Crippen LogP contribution in [0.3, 0.4) is 0 Å². The molecule has 0 aliphatic carbocycles. The smallest absolute Gasteiger partial charge is 0.335 e. The Balaban J connectivity index is 2.63. The van der Waals surface area contributed by atoms with Gasteiger partial charge in [0.25, 0.3) is 0 Å². The highest BCUT2D eigenvalue weighted by Crippen LogP contribution is 2.26. The monoisotopic (exact) mass is 291 g/mol. The fourth-order valence-electron chi connectivity index (χ4n) is 2.74. The minimum atomic E-state index is -0.961. The van der Waals surface area contributed by atoms with Crippen LogP contribution in [0.25, 0.3) is 0 Å². The van der Waals surface area contributed by atoms with Crippen molar-refractivity contribution in [2.24, 2.45) is 5.41 Å². The molecule has 1 aromatic carbocycles. The Hall–Kier alpha value is -1.84. The van der Waals surface area contributed by atoms with Gasteiger partial charge in [0, 0.05) is 5.54 Å². The van der Waals surface area contributed by atoms with E-state index in [-0.39, 0.29) is 28.8 Å². The Morgan fingerprint density at radius 1 is 1.05 bits per heavy atom. The van der Waals surface area contributed by atoms with Crippen molar-refractivity contribution in [3.63, 3.8) is 0 Å². The summed E-state index contributed by atoms with van der Waals surface area (Å²) in [6, 6.07) is 6.40. The number of hydrogen-bond acceptors (Lipinski definition) is 2. The number of hydrogen-bond donors (Lipinski definition) is 2. The topological polar surface area (TPSA) is 66.4 Å². The predicted molar refractivity (Wildman–Crippen MR) is 83.4 cm³/mol. The lowest BCUT2D eigenvalue weighted by Gasteiger charge is -2.33. The molecule has 1 rings (SSSR count). The molecule has 1 aromatic rings. The van der Waals surface area contributed by atoms with E-state index in [2.05, 4.69) is 26.1 Å². The van der Waals surface area contributed by atoms with Gasteiger partial charge in [-0.2, -0.15) is 0 Å². The van der Waals surface area contributed by atoms with Gasteiger partial charge in [0.2, 0.25) is 5.91 Å². The number of carboxylic acid groups (broad SMARTS) is 1. The minimum Gasteiger partial charge on any atom is -0.478 e. The molecule has 21 heavy (non-hydrogen) atoms. The van der Waals surface area contributed by atoms with Crippen molar-refractivity contribution < 1.29 is 14.7 Å². The number of amides is 1. The lowest BCUT2D eigenvalue weighted by atomic mass is 9.81. The maximum absolute atomic E-state index is 12.1. The van der Waals surface area contributed by atoms with Gasteiger partial charge in [-0.25, -0.2) is 4.79 Å². The van der Waals surface area contributed by atoms with Crippen molar-refractivity contribution in [2.45, 2.75) is 53.0 Å². The number of carbonyl (C=O) groups is 2. The van der Waals surface area contributed by atoms with Crippen LogP contribution in [0.4, 0.5) is 0 Å². The van der Waals surface area contributed by atoms with E-state index in [0.717, 1.165) is 12.0 Å². The Morgan fingerprint density at radius 3 is 2.00 bits per heavy atom. The molecule has 0 heterocycles. The van der Waals surface area contributed by atoms with E-state index in [9.17, 15) is 9.59 Å². The maximum atomic E-state index is 12.1. The van der Waals surface area contributed by atoms with Crippen molar-refractivity contribution in [1.82, 2.24) is 5.32 Å². The van der Waals surface area contributed by atoms with E-state index >= 15 is 0 Å². The molecule has 0 atom stereocenters. The molecule has 0 aliphatic rings. The van der Waals surface area contributed by atoms with Crippen molar-refractivity contribution in [3.8, 4) is 0 Å². The quantitative estimate of drug-likeness (QED) is 0.875. The summed E-state index contributed by atoms with van der Waals surface area (Å²) >= 11 is 0. The van der Waals surface area contributed by atoms with Gasteiger partial charge in [-0.1, -0.05) is 32.9 Å². The van der Waals surface area contributed by atoms with Crippen LogP contribution in [0.5, 0.6) is 0 Å². The second-order valence-electron chi connectivity index (χ2n) is 7.35. The molecule has 0 aromatic heterocycles. The summed E-state index contributed by atoms with van der Waals surface area (Å²) in [7, 11) is 0. The van der Waals surface area contributed by atoms with Gasteiger partial charge in [-0.3, -0.25) is 4.79 Å². The molecule has 0 unspecified atom stereocenters. The molecule has 0 aliphatic heterocycles. The first-order valence-corrected chi connectivity index (χ1v) is 7.12. The first-order valence-electron chi connectivity index (χ1n) is 7.12. The van der Waals surface area contributed by atoms with Gasteiger partial charge in [-0.05, 0) is 43.4 Å². The van der Waals surface area contributed by atoms with E-state index in [0.29, 0.717) is 0 Å². The third-order valence-electron chi connectivity index (χ3n) is 3.02. The van der Waals surface area contributed by atoms with Crippen LogP contribution < -0.4 is 5.32 Å². The molecule has 0 saturated carbocycles. The van der Waals surface area contributed by atoms with Gasteiger partial charge < -0.3 is 10.4 Å². The van der Waals surface area contributed by atoms with Gasteiger partial charge >= 0.3 is 5.97 Å². The second kappa shape index (κ2) is 6.29. The molecule has 4 heteroatoms. The van der Waals surface area contributed by atoms with Crippen molar-refractivity contribution in [3.05, 3.63) is 35.4 Å². The zero-order valence-corrected chi connectivity index (χ0v) is 13.5. The number of rotatable bonds is 5. The van der Waals surface area contributed by atoms with Crippen LogP contribution in [-0.2, 0) is 11.2 Å². The van der Waals surface area contributed by atoms with Gasteiger partial charge in [0.1, 0.15) is 0 Å². The van der Waals surface area contributed by atoms with Gasteiger partial charge in [0.15, 0.2) is 0 Å². The van der Waals surface area contributed by atoms with E-state index in [1.165, 1.54) is 12.1 Å². The van der Waals surface area contributed by atoms with E-state index < -0.39 is 5.97 Å². The molecular formula is C17H25NO3. The zero-order chi connectivity index (χ0) is 16.3. The van der Waals surface area contributed by atoms with Crippen LogP contribution in [0.15, 0.2) is 24.3 Å². The average Bonchev–Trinajstić information content (AvgIpc) is 2.24. The summed E-state index contributed by atoms with van der Waals surface area (Å²) in [6.45, 7) is 10.5. The van der Waals surface area contributed by atoms with Crippen LogP contribution >= 0.6 is 0 Å². The van der Waals surface area contributed by atoms with Crippen LogP contribution in [-0.4, -0.2) is 22.5 Å². The summed E-state index contributed by atoms with van der Waals surface area (Å²) in [6.07, 6.45) is 1.14. The normalized spacial score (nSPS) is 12.0. The van der Waals surface area contributed by atoms with E-state index in [1.807, 2.05) is 13.8 Å². The molecule has 0 fully saturated rings. The van der Waals surface area contributed by atoms with Crippen molar-refractivity contribution in [1.29, 1.82) is 0 Å². The fraction of sp³-hybridized carbons (Fsp3) is 0.529. The summed E-state index contributed by atoms with van der Waals surface area (Å²) in [5, 5.41) is 11.9. The molecular weight excluding hydrogens is 266 g/mol. The standard InChI is InChI=1S/C17H25NO3/c1-16(2,3)11-17(4,5)18-14(19)10-12-6-8-13(9-7-12)15(20)21/h6-9H,10-11H2,1-5H3,(H,18,19)(H,20,21). The van der Waals surface area contributed by atoms with Gasteiger partial charge in [0.05, 0.1) is 12.0 Å². The first-order chi connectivity index (χ1) is 9.48. The molecule has 1 amide bonds. The van der Waals surface area contributed by atoms with E-state index in [1.54, 1.807) is 12.1 Å². The number of benzene rings is 1. The Kier molecular flexibility index (Phi) is 5.15. The third kappa shape index (κ3) is 6.43. The number of nitrogens with one attached hydrogen (secondary N) is 1. The SMILES string of the molecule is CC(C)(C)CC(C)(C)NC(=O)Cc1ccc(C(=O)O)cc1. The number of carbonyl (C=O) groups excluding carboxylic acids is 1. The zero-order valence-electron chi connectivity index (χ0n) is 13.5. The fourth-order valence-corrected chi connectivity index (χ4v) is 2.74. The lowest BCUT2D eigenvalue weighted by Crippen LogP contribution is -2.46. The summed E-state index contributed by atoms with van der Waals surface area (Å²) in [5.41, 5.74) is 0.910. The third-order valence-corrected chi connectivity index (χ3v) is 3.02. The molecule has 2 N–H and O–H groups in total. The predicted octanol–water partition coefficient (Wildman–Crippen LogP) is 3.26. The molecule has 116 valence electrons. The van der Waals surface area contributed by atoms with Crippen molar-refractivity contribution in [2.75, 3.05) is 0 Å². The molecule has 0 bridgehead atoms. The minimum absolute atomic E-state index is 0.0488. The highest BCUT2D eigenvalue weighted by Gasteiger charge is 2.26. The maximum Gasteiger partial charge on any atom is 0.335 e. The molecule has 0 saturated heterocycles. The van der Waals surface area contributed by atoms with Crippen LogP contribution in [0.2, 0.25) is 0 Å². The average molecular weight is 291 g/mol. The van der Waals surface area contributed by atoms with Crippen LogP contribution in [0.1, 0.15) is 57.0 Å². The highest BCUT2D eigenvalue weighted by atomic mass is 16.4.